The molecular weight excluding hydrogens is 292 g/mol. The predicted molar refractivity (Wildman–Crippen MR) is 68.9 cm³/mol. The maximum atomic E-state index is 12.0. The second-order valence-electron chi connectivity index (χ2n) is 3.79. The van der Waals surface area contributed by atoms with Crippen molar-refractivity contribution in [1.29, 1.82) is 0 Å². The van der Waals surface area contributed by atoms with Crippen LogP contribution in [0.4, 0.5) is 5.69 Å². The minimum atomic E-state index is -3.73. The Morgan fingerprint density at radius 3 is 2.79 bits per heavy atom. The highest BCUT2D eigenvalue weighted by molar-refractivity contribution is 7.89. The highest BCUT2D eigenvalue weighted by atomic mass is 35.5. The highest BCUT2D eigenvalue weighted by Crippen LogP contribution is 2.25. The summed E-state index contributed by atoms with van der Waals surface area (Å²) in [6, 6.07) is 2.69. The van der Waals surface area contributed by atoms with Gasteiger partial charge in [0.2, 0.25) is 16.4 Å². The fourth-order valence-electron chi connectivity index (χ4n) is 1.34. The fourth-order valence-corrected chi connectivity index (χ4v) is 2.67. The van der Waals surface area contributed by atoms with Gasteiger partial charge in [-0.1, -0.05) is 16.8 Å². The number of nitrogen functional groups attached to an aromatic ring is 1. The topological polar surface area (TPSA) is 111 Å². The van der Waals surface area contributed by atoms with Crippen molar-refractivity contribution in [2.75, 3.05) is 5.73 Å². The Labute approximate surface area is 114 Å². The summed E-state index contributed by atoms with van der Waals surface area (Å²) in [5.74, 6) is 0.231. The lowest BCUT2D eigenvalue weighted by molar-refractivity contribution is 0.409. The summed E-state index contributed by atoms with van der Waals surface area (Å²) in [4.78, 5) is 3.70. The van der Waals surface area contributed by atoms with Gasteiger partial charge in [-0.25, -0.2) is 13.1 Å². The van der Waals surface area contributed by atoms with Gasteiger partial charge in [-0.2, -0.15) is 4.98 Å². The number of nitrogens with two attached hydrogens (primary N) is 1. The van der Waals surface area contributed by atoms with E-state index in [1.54, 1.807) is 6.92 Å². The van der Waals surface area contributed by atoms with Gasteiger partial charge in [-0.3, -0.25) is 0 Å². The van der Waals surface area contributed by atoms with E-state index in [0.717, 1.165) is 6.39 Å². The molecule has 0 spiro atoms. The van der Waals surface area contributed by atoms with Gasteiger partial charge in [0.15, 0.2) is 5.82 Å². The fraction of sp³-hybridized carbons (Fsp3) is 0.200. The summed E-state index contributed by atoms with van der Waals surface area (Å²) in [5, 5.41) is 3.79. The molecule has 102 valence electrons. The van der Waals surface area contributed by atoms with Crippen molar-refractivity contribution >= 4 is 27.3 Å². The van der Waals surface area contributed by atoms with Crippen molar-refractivity contribution in [3.8, 4) is 0 Å². The number of rotatable bonds is 4. The number of sulfonamides is 1. The van der Waals surface area contributed by atoms with E-state index >= 15 is 0 Å². The molecule has 1 aromatic heterocycles. The molecule has 0 saturated carbocycles. The lowest BCUT2D eigenvalue weighted by atomic mass is 10.2. The third-order valence-electron chi connectivity index (χ3n) is 2.50. The number of nitrogens with one attached hydrogen (secondary N) is 1. The van der Waals surface area contributed by atoms with Crippen molar-refractivity contribution in [3.63, 3.8) is 0 Å². The molecule has 0 aliphatic heterocycles. The Morgan fingerprint density at radius 1 is 1.47 bits per heavy atom. The molecule has 2 rings (SSSR count). The van der Waals surface area contributed by atoms with E-state index in [2.05, 4.69) is 19.4 Å². The molecule has 19 heavy (non-hydrogen) atoms. The van der Waals surface area contributed by atoms with Crippen LogP contribution in [-0.4, -0.2) is 18.6 Å². The summed E-state index contributed by atoms with van der Waals surface area (Å²) >= 11 is 5.91. The molecule has 1 aromatic carbocycles. The van der Waals surface area contributed by atoms with E-state index in [1.807, 2.05) is 0 Å². The van der Waals surface area contributed by atoms with Gasteiger partial charge in [-0.05, 0) is 24.6 Å². The molecule has 0 unspecified atom stereocenters. The standard InChI is InChI=1S/C10H11ClN4O3S/c1-6-8(11)2-7(3-9(6)12)19(16,17)14-4-10-13-5-18-15-10/h2-3,5,14H,4,12H2,1H3. The van der Waals surface area contributed by atoms with Crippen LogP contribution in [0.25, 0.3) is 0 Å². The molecule has 3 N–H and O–H groups in total. The van der Waals surface area contributed by atoms with Crippen LogP contribution in [0.15, 0.2) is 27.9 Å². The molecule has 0 radical (unpaired) electrons. The summed E-state index contributed by atoms with van der Waals surface area (Å²) in [5.41, 5.74) is 6.64. The second kappa shape index (κ2) is 5.16. The van der Waals surface area contributed by atoms with E-state index in [1.165, 1.54) is 12.1 Å². The van der Waals surface area contributed by atoms with E-state index in [0.29, 0.717) is 16.3 Å². The van der Waals surface area contributed by atoms with Crippen LogP contribution in [0.5, 0.6) is 0 Å². The Balaban J connectivity index is 2.24. The molecule has 0 atom stereocenters. The Kier molecular flexibility index (Phi) is 3.74. The molecule has 0 aliphatic carbocycles. The van der Waals surface area contributed by atoms with E-state index < -0.39 is 10.0 Å². The average molecular weight is 303 g/mol. The zero-order valence-electron chi connectivity index (χ0n) is 9.92. The number of hydrogen-bond donors (Lipinski definition) is 2. The van der Waals surface area contributed by atoms with Crippen LogP contribution in [0.3, 0.4) is 0 Å². The number of halogens is 1. The lowest BCUT2D eigenvalue weighted by Crippen LogP contribution is -2.24. The monoisotopic (exact) mass is 302 g/mol. The minimum absolute atomic E-state index is 0.0101. The minimum Gasteiger partial charge on any atom is -0.398 e. The Hall–Kier alpha value is -1.64. The van der Waals surface area contributed by atoms with Crippen LogP contribution in [0.1, 0.15) is 11.4 Å². The number of benzene rings is 1. The van der Waals surface area contributed by atoms with Gasteiger partial charge in [0.25, 0.3) is 0 Å². The summed E-state index contributed by atoms with van der Waals surface area (Å²) < 4.78 is 30.9. The van der Waals surface area contributed by atoms with Gasteiger partial charge in [0.05, 0.1) is 11.4 Å². The molecule has 2 aromatic rings. The maximum Gasteiger partial charge on any atom is 0.241 e. The molecule has 0 fully saturated rings. The third-order valence-corrected chi connectivity index (χ3v) is 4.27. The van der Waals surface area contributed by atoms with Crippen molar-refractivity contribution < 1.29 is 12.9 Å². The number of nitrogens with zero attached hydrogens (tertiary/aromatic N) is 2. The molecule has 0 saturated heterocycles. The first kappa shape index (κ1) is 13.8. The van der Waals surface area contributed by atoms with Crippen molar-refractivity contribution in [3.05, 3.63) is 34.9 Å². The molecule has 7 nitrogen and oxygen atoms in total. The molecule has 0 aliphatic rings. The summed E-state index contributed by atoms with van der Waals surface area (Å²) in [6.45, 7) is 1.63. The number of hydrogen-bond acceptors (Lipinski definition) is 6. The Morgan fingerprint density at radius 2 is 2.21 bits per heavy atom. The van der Waals surface area contributed by atoms with Crippen LogP contribution in [0.2, 0.25) is 5.02 Å². The highest BCUT2D eigenvalue weighted by Gasteiger charge is 2.17. The van der Waals surface area contributed by atoms with Crippen LogP contribution in [-0.2, 0) is 16.6 Å². The van der Waals surface area contributed by atoms with Crippen LogP contribution >= 0.6 is 11.6 Å². The SMILES string of the molecule is Cc1c(N)cc(S(=O)(=O)NCc2ncon2)cc1Cl. The van der Waals surface area contributed by atoms with Gasteiger partial charge in [0.1, 0.15) is 0 Å². The molecule has 0 amide bonds. The van der Waals surface area contributed by atoms with E-state index in [-0.39, 0.29) is 17.3 Å². The summed E-state index contributed by atoms with van der Waals surface area (Å²) in [7, 11) is -3.73. The van der Waals surface area contributed by atoms with Gasteiger partial charge in [-0.15, -0.1) is 0 Å². The maximum absolute atomic E-state index is 12.0. The first-order valence-corrected chi connectivity index (χ1v) is 7.07. The van der Waals surface area contributed by atoms with E-state index in [9.17, 15) is 8.42 Å². The van der Waals surface area contributed by atoms with Gasteiger partial charge < -0.3 is 10.3 Å². The lowest BCUT2D eigenvalue weighted by Gasteiger charge is -2.09. The van der Waals surface area contributed by atoms with E-state index in [4.69, 9.17) is 17.3 Å². The first-order chi connectivity index (χ1) is 8.90. The quantitative estimate of drug-likeness (QED) is 0.818. The molecule has 9 heteroatoms. The summed E-state index contributed by atoms with van der Waals surface area (Å²) in [6.07, 6.45) is 1.12. The third kappa shape index (κ3) is 3.03. The number of anilines is 1. The largest absolute Gasteiger partial charge is 0.398 e. The number of aromatic nitrogens is 2. The zero-order valence-corrected chi connectivity index (χ0v) is 11.5. The average Bonchev–Trinajstić information content (AvgIpc) is 2.86. The molecule has 1 heterocycles. The van der Waals surface area contributed by atoms with Crippen LogP contribution in [0, 0.1) is 6.92 Å². The normalized spacial score (nSPS) is 11.7. The van der Waals surface area contributed by atoms with Crippen molar-refractivity contribution in [2.45, 2.75) is 18.4 Å². The first-order valence-electron chi connectivity index (χ1n) is 5.20. The smallest absolute Gasteiger partial charge is 0.241 e. The van der Waals surface area contributed by atoms with Gasteiger partial charge in [0, 0.05) is 10.7 Å². The predicted octanol–water partition coefficient (Wildman–Crippen LogP) is 1.09. The van der Waals surface area contributed by atoms with Crippen molar-refractivity contribution in [1.82, 2.24) is 14.9 Å². The van der Waals surface area contributed by atoms with Gasteiger partial charge >= 0.3 is 0 Å². The molecular formula is C10H11ClN4O3S. The van der Waals surface area contributed by atoms with Crippen LogP contribution < -0.4 is 10.5 Å². The van der Waals surface area contributed by atoms with Crippen molar-refractivity contribution in [2.24, 2.45) is 0 Å². The second-order valence-corrected chi connectivity index (χ2v) is 5.97. The zero-order chi connectivity index (χ0) is 14.0. The molecule has 0 bridgehead atoms. The Bertz CT molecular complexity index is 662.